The van der Waals surface area contributed by atoms with Crippen molar-refractivity contribution in [2.24, 2.45) is 0 Å². The number of nitrogens with zero attached hydrogens (tertiary/aromatic N) is 2. The smallest absolute Gasteiger partial charge is 0.319 e. The van der Waals surface area contributed by atoms with Gasteiger partial charge in [0.25, 0.3) is 0 Å². The van der Waals surface area contributed by atoms with Gasteiger partial charge >= 0.3 is 5.97 Å². The van der Waals surface area contributed by atoms with E-state index in [1.54, 1.807) is 44.2 Å². The minimum absolute atomic E-state index is 0.0204. The van der Waals surface area contributed by atoms with Gasteiger partial charge in [0, 0.05) is 26.2 Å². The third-order valence-electron chi connectivity index (χ3n) is 5.71. The lowest BCUT2D eigenvalue weighted by molar-refractivity contribution is -0.143. The van der Waals surface area contributed by atoms with Crippen LogP contribution in [0.15, 0.2) is 54.6 Å². The van der Waals surface area contributed by atoms with Crippen molar-refractivity contribution in [3.63, 3.8) is 0 Å². The average molecular weight is 481 g/mol. The molecule has 0 bridgehead atoms. The summed E-state index contributed by atoms with van der Waals surface area (Å²) in [5, 5.41) is 2.14. The summed E-state index contributed by atoms with van der Waals surface area (Å²) in [7, 11) is 7.88. The summed E-state index contributed by atoms with van der Waals surface area (Å²) < 4.78 is 20.8. The normalized spacial score (nSPS) is 10.8. The predicted molar refractivity (Wildman–Crippen MR) is 134 cm³/mol. The maximum Gasteiger partial charge on any atom is 0.319 e. The van der Waals surface area contributed by atoms with E-state index in [0.717, 1.165) is 27.6 Å². The number of methoxy groups -OCH3 is 4. The first-order valence-electron chi connectivity index (χ1n) is 11.2. The molecule has 0 atom stereocenters. The van der Waals surface area contributed by atoms with E-state index in [0.29, 0.717) is 24.6 Å². The molecule has 3 rings (SSSR count). The fraction of sp³-hybridized carbons (Fsp3) is 0.333. The van der Waals surface area contributed by atoms with Crippen molar-refractivity contribution in [1.82, 2.24) is 9.80 Å². The zero-order valence-electron chi connectivity index (χ0n) is 20.9. The van der Waals surface area contributed by atoms with E-state index < -0.39 is 5.97 Å². The van der Waals surface area contributed by atoms with Crippen molar-refractivity contribution in [2.75, 3.05) is 48.6 Å². The van der Waals surface area contributed by atoms with Crippen molar-refractivity contribution in [2.45, 2.75) is 13.1 Å². The zero-order chi connectivity index (χ0) is 25.4. The summed E-state index contributed by atoms with van der Waals surface area (Å²) in [6.07, 6.45) is 0. The lowest BCUT2D eigenvalue weighted by Crippen LogP contribution is -2.40. The number of esters is 1. The zero-order valence-corrected chi connectivity index (χ0v) is 20.9. The number of hydrogen-bond donors (Lipinski definition) is 0. The quantitative estimate of drug-likeness (QED) is 0.389. The molecule has 0 aliphatic rings. The molecule has 0 aliphatic heterocycles. The van der Waals surface area contributed by atoms with Gasteiger partial charge in [0.2, 0.25) is 5.91 Å². The summed E-state index contributed by atoms with van der Waals surface area (Å²) in [6, 6.07) is 17.5. The van der Waals surface area contributed by atoms with Crippen molar-refractivity contribution in [3.8, 4) is 17.2 Å². The van der Waals surface area contributed by atoms with E-state index in [9.17, 15) is 9.59 Å². The number of ether oxygens (including phenoxy) is 4. The highest BCUT2D eigenvalue weighted by molar-refractivity contribution is 5.85. The molecular weight excluding hydrogens is 448 g/mol. The summed E-state index contributed by atoms with van der Waals surface area (Å²) in [5.74, 6) is 1.54. The number of likely N-dealkylation sites (N-methyl/N-ethyl adjacent to an activating group) is 1. The van der Waals surface area contributed by atoms with Crippen molar-refractivity contribution >= 4 is 22.6 Å². The molecule has 8 heteroatoms. The van der Waals surface area contributed by atoms with Crippen LogP contribution < -0.4 is 14.2 Å². The fourth-order valence-electron chi connectivity index (χ4n) is 3.80. The Morgan fingerprint density at radius 2 is 1.31 bits per heavy atom. The van der Waals surface area contributed by atoms with Crippen molar-refractivity contribution in [3.05, 3.63) is 65.7 Å². The second-order valence-corrected chi connectivity index (χ2v) is 8.24. The van der Waals surface area contributed by atoms with Gasteiger partial charge in [-0.15, -0.1) is 0 Å². The van der Waals surface area contributed by atoms with Gasteiger partial charge in [0.1, 0.15) is 17.2 Å². The van der Waals surface area contributed by atoms with Gasteiger partial charge in [-0.25, -0.2) is 0 Å². The highest BCUT2D eigenvalue weighted by Gasteiger charge is 2.19. The second kappa shape index (κ2) is 12.1. The predicted octanol–water partition coefficient (Wildman–Crippen LogP) is 3.50. The Morgan fingerprint density at radius 3 is 1.94 bits per heavy atom. The minimum Gasteiger partial charge on any atom is -0.497 e. The monoisotopic (exact) mass is 480 g/mol. The van der Waals surface area contributed by atoms with Crippen LogP contribution in [0.3, 0.4) is 0 Å². The molecule has 0 aliphatic carbocycles. The van der Waals surface area contributed by atoms with Gasteiger partial charge in [0.15, 0.2) is 0 Å². The molecule has 0 N–H and O–H groups in total. The third-order valence-corrected chi connectivity index (χ3v) is 5.71. The summed E-state index contributed by atoms with van der Waals surface area (Å²) in [4.78, 5) is 28.5. The maximum absolute atomic E-state index is 13.1. The van der Waals surface area contributed by atoms with Crippen LogP contribution in [-0.2, 0) is 27.4 Å². The fourth-order valence-corrected chi connectivity index (χ4v) is 3.80. The van der Waals surface area contributed by atoms with E-state index in [1.807, 2.05) is 42.5 Å². The van der Waals surface area contributed by atoms with Crippen molar-refractivity contribution < 1.29 is 28.5 Å². The second-order valence-electron chi connectivity index (χ2n) is 8.24. The Labute approximate surface area is 205 Å². The Balaban J connectivity index is 1.71. The first-order chi connectivity index (χ1) is 16.8. The summed E-state index contributed by atoms with van der Waals surface area (Å²) in [6.45, 7) is 0.823. The number of rotatable bonds is 11. The van der Waals surface area contributed by atoms with E-state index in [1.165, 1.54) is 7.11 Å². The standard InChI is InChI=1S/C27H32N2O6/c1-28(15-19-6-7-22-13-23(32-2)9-8-21(22)10-19)26(30)17-29(18-27(31)35-5)16-20-11-24(33-3)14-25(12-20)34-4/h6-14H,15-18H2,1-5H3. The number of carbonyl (C=O) groups is 2. The Hall–Kier alpha value is -3.78. The van der Waals surface area contributed by atoms with Gasteiger partial charge in [-0.05, 0) is 52.2 Å². The van der Waals surface area contributed by atoms with E-state index >= 15 is 0 Å². The number of amides is 1. The third kappa shape index (κ3) is 7.10. The van der Waals surface area contributed by atoms with E-state index in [2.05, 4.69) is 6.07 Å². The summed E-state index contributed by atoms with van der Waals surface area (Å²) in [5.41, 5.74) is 1.86. The van der Waals surface area contributed by atoms with E-state index in [-0.39, 0.29) is 19.0 Å². The Bertz CT molecular complexity index is 1160. The van der Waals surface area contributed by atoms with Crippen LogP contribution >= 0.6 is 0 Å². The first kappa shape index (κ1) is 25.8. The van der Waals surface area contributed by atoms with Gasteiger partial charge in [0.05, 0.1) is 41.5 Å². The Kier molecular flexibility index (Phi) is 8.92. The lowest BCUT2D eigenvalue weighted by atomic mass is 10.1. The topological polar surface area (TPSA) is 77.5 Å². The highest BCUT2D eigenvalue weighted by Crippen LogP contribution is 2.24. The molecule has 0 heterocycles. The molecule has 0 fully saturated rings. The Morgan fingerprint density at radius 1 is 0.686 bits per heavy atom. The van der Waals surface area contributed by atoms with Gasteiger partial charge in [-0.3, -0.25) is 14.5 Å². The van der Waals surface area contributed by atoms with Crippen LogP contribution in [0.5, 0.6) is 17.2 Å². The molecule has 8 nitrogen and oxygen atoms in total. The highest BCUT2D eigenvalue weighted by atomic mass is 16.5. The maximum atomic E-state index is 13.1. The van der Waals surface area contributed by atoms with Crippen LogP contribution in [0.4, 0.5) is 0 Å². The first-order valence-corrected chi connectivity index (χ1v) is 11.2. The van der Waals surface area contributed by atoms with Crippen LogP contribution in [0.2, 0.25) is 0 Å². The van der Waals surface area contributed by atoms with E-state index in [4.69, 9.17) is 18.9 Å². The average Bonchev–Trinajstić information content (AvgIpc) is 2.87. The number of benzene rings is 3. The van der Waals surface area contributed by atoms with Crippen LogP contribution in [0.25, 0.3) is 10.8 Å². The molecule has 3 aromatic carbocycles. The number of fused-ring (bicyclic) bond motifs is 1. The number of carbonyl (C=O) groups excluding carboxylic acids is 2. The molecular formula is C27H32N2O6. The van der Waals surface area contributed by atoms with Crippen LogP contribution in [0, 0.1) is 0 Å². The molecule has 0 saturated carbocycles. The molecule has 0 spiro atoms. The molecule has 186 valence electrons. The minimum atomic E-state index is -0.416. The largest absolute Gasteiger partial charge is 0.497 e. The van der Waals surface area contributed by atoms with Crippen molar-refractivity contribution in [1.29, 1.82) is 0 Å². The molecule has 0 aromatic heterocycles. The van der Waals surface area contributed by atoms with Gasteiger partial charge < -0.3 is 23.8 Å². The lowest BCUT2D eigenvalue weighted by Gasteiger charge is -2.25. The SMILES string of the molecule is COC(=O)CN(CC(=O)N(C)Cc1ccc2cc(OC)ccc2c1)Cc1cc(OC)cc(OC)c1. The van der Waals surface area contributed by atoms with Crippen LogP contribution in [-0.4, -0.2) is 70.3 Å². The molecule has 35 heavy (non-hydrogen) atoms. The van der Waals surface area contributed by atoms with Gasteiger partial charge in [-0.1, -0.05) is 18.2 Å². The molecule has 0 radical (unpaired) electrons. The van der Waals surface area contributed by atoms with Crippen LogP contribution in [0.1, 0.15) is 11.1 Å². The van der Waals surface area contributed by atoms with Gasteiger partial charge in [-0.2, -0.15) is 0 Å². The molecule has 3 aromatic rings. The summed E-state index contributed by atoms with van der Waals surface area (Å²) >= 11 is 0. The molecule has 1 amide bonds. The molecule has 0 saturated heterocycles. The number of hydrogen-bond acceptors (Lipinski definition) is 7. The molecule has 0 unspecified atom stereocenters.